The lowest BCUT2D eigenvalue weighted by Gasteiger charge is -2.12. The highest BCUT2D eigenvalue weighted by atomic mass is 19.4. The van der Waals surface area contributed by atoms with E-state index in [4.69, 9.17) is 0 Å². The molecular formula is C13H7F4. The third kappa shape index (κ3) is 2.30. The molecule has 0 N–H and O–H groups in total. The van der Waals surface area contributed by atoms with E-state index < -0.39 is 17.6 Å². The van der Waals surface area contributed by atoms with E-state index in [-0.39, 0.29) is 11.1 Å². The van der Waals surface area contributed by atoms with Crippen molar-refractivity contribution in [3.63, 3.8) is 0 Å². The minimum Gasteiger partial charge on any atom is -0.206 e. The van der Waals surface area contributed by atoms with E-state index in [2.05, 4.69) is 6.07 Å². The number of hydrogen-bond acceptors (Lipinski definition) is 0. The Hall–Kier alpha value is -1.84. The first kappa shape index (κ1) is 11.6. The zero-order chi connectivity index (χ0) is 12.5. The molecular weight excluding hydrogens is 232 g/mol. The van der Waals surface area contributed by atoms with Gasteiger partial charge in [-0.3, -0.25) is 0 Å². The molecule has 2 aromatic carbocycles. The maximum Gasteiger partial charge on any atom is 0.417 e. The average Bonchev–Trinajstić information content (AvgIpc) is 2.28. The summed E-state index contributed by atoms with van der Waals surface area (Å²) < 4.78 is 51.6. The van der Waals surface area contributed by atoms with Crippen LogP contribution in [-0.2, 0) is 6.18 Å². The summed E-state index contributed by atoms with van der Waals surface area (Å²) in [5.74, 6) is -0.694. The molecule has 87 valence electrons. The molecule has 0 amide bonds. The number of rotatable bonds is 1. The lowest BCUT2D eigenvalue weighted by Crippen LogP contribution is -2.07. The van der Waals surface area contributed by atoms with Crippen molar-refractivity contribution >= 4 is 0 Å². The van der Waals surface area contributed by atoms with E-state index in [1.54, 1.807) is 0 Å². The molecule has 0 atom stereocenters. The van der Waals surface area contributed by atoms with Crippen LogP contribution >= 0.6 is 0 Å². The van der Waals surface area contributed by atoms with Crippen LogP contribution in [0, 0.1) is 11.9 Å². The van der Waals surface area contributed by atoms with Crippen molar-refractivity contribution in [3.8, 4) is 11.1 Å². The zero-order valence-electron chi connectivity index (χ0n) is 8.55. The van der Waals surface area contributed by atoms with Crippen LogP contribution in [0.3, 0.4) is 0 Å². The smallest absolute Gasteiger partial charge is 0.206 e. The molecule has 0 nitrogen and oxygen atoms in total. The second-order valence-corrected chi connectivity index (χ2v) is 3.44. The van der Waals surface area contributed by atoms with Gasteiger partial charge >= 0.3 is 6.18 Å². The average molecular weight is 239 g/mol. The molecule has 0 aromatic heterocycles. The number of hydrogen-bond donors (Lipinski definition) is 0. The highest BCUT2D eigenvalue weighted by molar-refractivity contribution is 5.67. The maximum absolute atomic E-state index is 13.5. The third-order valence-corrected chi connectivity index (χ3v) is 2.30. The first-order chi connectivity index (χ1) is 8.00. The van der Waals surface area contributed by atoms with Crippen molar-refractivity contribution in [2.45, 2.75) is 6.18 Å². The fourth-order valence-corrected chi connectivity index (χ4v) is 1.56. The predicted octanol–water partition coefficient (Wildman–Crippen LogP) is 4.31. The van der Waals surface area contributed by atoms with Crippen molar-refractivity contribution in [1.29, 1.82) is 0 Å². The van der Waals surface area contributed by atoms with Gasteiger partial charge in [-0.2, -0.15) is 13.2 Å². The summed E-state index contributed by atoms with van der Waals surface area (Å²) in [6.07, 6.45) is -4.52. The van der Waals surface area contributed by atoms with Crippen LogP contribution in [-0.4, -0.2) is 0 Å². The largest absolute Gasteiger partial charge is 0.417 e. The van der Waals surface area contributed by atoms with Gasteiger partial charge in [0, 0.05) is 11.1 Å². The van der Waals surface area contributed by atoms with Gasteiger partial charge in [-0.05, 0) is 18.2 Å². The molecule has 0 bridgehead atoms. The second-order valence-electron chi connectivity index (χ2n) is 3.44. The van der Waals surface area contributed by atoms with Crippen molar-refractivity contribution in [2.24, 2.45) is 0 Å². The number of halogens is 4. The van der Waals surface area contributed by atoms with Crippen molar-refractivity contribution in [3.05, 3.63) is 59.9 Å². The molecule has 1 radical (unpaired) electrons. The van der Waals surface area contributed by atoms with Crippen LogP contribution in [0.25, 0.3) is 11.1 Å². The molecule has 17 heavy (non-hydrogen) atoms. The Morgan fingerprint density at radius 1 is 0.941 bits per heavy atom. The topological polar surface area (TPSA) is 0 Å². The first-order valence-electron chi connectivity index (χ1n) is 4.83. The van der Waals surface area contributed by atoms with Gasteiger partial charge < -0.3 is 0 Å². The minimum absolute atomic E-state index is 0.0968. The van der Waals surface area contributed by atoms with Crippen LogP contribution in [0.2, 0.25) is 0 Å². The molecule has 0 unspecified atom stereocenters. The number of benzene rings is 2. The molecule has 2 rings (SSSR count). The molecule has 2 aromatic rings. The van der Waals surface area contributed by atoms with Crippen LogP contribution < -0.4 is 0 Å². The Morgan fingerprint density at radius 2 is 1.65 bits per heavy atom. The van der Waals surface area contributed by atoms with Crippen LogP contribution in [0.4, 0.5) is 17.6 Å². The highest BCUT2D eigenvalue weighted by Gasteiger charge is 2.33. The summed E-state index contributed by atoms with van der Waals surface area (Å²) >= 11 is 0. The lowest BCUT2D eigenvalue weighted by atomic mass is 9.99. The predicted molar refractivity (Wildman–Crippen MR) is 55.7 cm³/mol. The third-order valence-electron chi connectivity index (χ3n) is 2.30. The molecule has 0 heterocycles. The van der Waals surface area contributed by atoms with E-state index in [1.165, 1.54) is 30.3 Å². The monoisotopic (exact) mass is 239 g/mol. The summed E-state index contributed by atoms with van der Waals surface area (Å²) in [6.45, 7) is 0. The van der Waals surface area contributed by atoms with Crippen molar-refractivity contribution in [2.75, 3.05) is 0 Å². The maximum atomic E-state index is 13.5. The van der Waals surface area contributed by atoms with Gasteiger partial charge in [-0.15, -0.1) is 0 Å². The molecule has 4 heteroatoms. The van der Waals surface area contributed by atoms with Gasteiger partial charge in [-0.1, -0.05) is 30.3 Å². The van der Waals surface area contributed by atoms with Gasteiger partial charge in [0.1, 0.15) is 5.82 Å². The molecule has 0 aliphatic heterocycles. The molecule has 0 fully saturated rings. The van der Waals surface area contributed by atoms with E-state index >= 15 is 0 Å². The lowest BCUT2D eigenvalue weighted by molar-refractivity contribution is -0.137. The summed E-state index contributed by atoms with van der Waals surface area (Å²) in [6, 6.07) is 11.2. The van der Waals surface area contributed by atoms with E-state index in [1.807, 2.05) is 0 Å². The minimum atomic E-state index is -4.52. The second kappa shape index (κ2) is 4.20. The Morgan fingerprint density at radius 3 is 2.29 bits per heavy atom. The van der Waals surface area contributed by atoms with Gasteiger partial charge in [-0.25, -0.2) is 4.39 Å². The Bertz CT molecular complexity index is 529. The fraction of sp³-hybridized carbons (Fsp3) is 0.0769. The van der Waals surface area contributed by atoms with Crippen LogP contribution in [0.15, 0.2) is 42.5 Å². The Kier molecular flexibility index (Phi) is 2.88. The van der Waals surface area contributed by atoms with Crippen molar-refractivity contribution < 1.29 is 17.6 Å². The van der Waals surface area contributed by atoms with Gasteiger partial charge in [0.2, 0.25) is 0 Å². The Balaban J connectivity index is 2.65. The zero-order valence-corrected chi connectivity index (χ0v) is 8.55. The fourth-order valence-electron chi connectivity index (χ4n) is 1.56. The van der Waals surface area contributed by atoms with E-state index in [0.29, 0.717) is 0 Å². The van der Waals surface area contributed by atoms with Crippen molar-refractivity contribution in [1.82, 2.24) is 0 Å². The van der Waals surface area contributed by atoms with Gasteiger partial charge in [0.15, 0.2) is 0 Å². The Labute approximate surface area is 95.5 Å². The number of alkyl halides is 3. The van der Waals surface area contributed by atoms with Crippen LogP contribution in [0.1, 0.15) is 5.56 Å². The summed E-state index contributed by atoms with van der Waals surface area (Å²) in [5.41, 5.74) is -1.25. The molecule has 0 saturated carbocycles. The van der Waals surface area contributed by atoms with Gasteiger partial charge in [0.25, 0.3) is 0 Å². The highest BCUT2D eigenvalue weighted by Crippen LogP contribution is 2.37. The normalized spacial score (nSPS) is 11.5. The van der Waals surface area contributed by atoms with Crippen LogP contribution in [0.5, 0.6) is 0 Å². The summed E-state index contributed by atoms with van der Waals surface area (Å²) in [4.78, 5) is 0. The van der Waals surface area contributed by atoms with Gasteiger partial charge in [0.05, 0.1) is 5.56 Å². The van der Waals surface area contributed by atoms with E-state index in [0.717, 1.165) is 12.1 Å². The quantitative estimate of drug-likeness (QED) is 0.650. The molecule has 0 aliphatic carbocycles. The standard InChI is InChI=1S/C13H7F4/c14-12-8-4-2-6-10(12)9-5-1-3-7-11(9)13(15,16)17/h1-4,6-8H. The molecule has 0 aliphatic rings. The summed E-state index contributed by atoms with van der Waals surface area (Å²) in [7, 11) is 0. The summed E-state index contributed by atoms with van der Waals surface area (Å²) in [5, 5.41) is 0. The molecule has 0 saturated heterocycles. The SMILES string of the molecule is Fc1ccccc1-c1[c]cccc1C(F)(F)F. The first-order valence-corrected chi connectivity index (χ1v) is 4.83. The molecule has 0 spiro atoms. The van der Waals surface area contributed by atoms with E-state index in [9.17, 15) is 17.6 Å².